The van der Waals surface area contributed by atoms with Crippen molar-refractivity contribution in [3.63, 3.8) is 0 Å². The third-order valence-electron chi connectivity index (χ3n) is 13.1. The lowest BCUT2D eigenvalue weighted by molar-refractivity contribution is 0.157. The molecule has 15 N–H and O–H groups in total. The summed E-state index contributed by atoms with van der Waals surface area (Å²) in [6, 6.07) is 0. The highest BCUT2D eigenvalue weighted by atomic mass is 16.3. The maximum absolute atomic E-state index is 10.1. The molecule has 0 radical (unpaired) electrons. The Morgan fingerprint density at radius 1 is 0.353 bits per heavy atom. The van der Waals surface area contributed by atoms with Crippen molar-refractivity contribution in [1.29, 1.82) is 0 Å². The minimum atomic E-state index is -0.220. The van der Waals surface area contributed by atoms with Crippen LogP contribution in [0.4, 0.5) is 0 Å². The standard InChI is InChI=1S/C51H120N16O/c1-5-6-19-51(68)50-61-27-43-62(4)33-12-8-14-36-64(37-16-9-15-35-63(40-21-53)34-13-7-11-24-56-2)45-29-59-30-46-66(39-18-10-17-38-65(41-22-54)42-23-55)47-31-60-32-49-67(44-26-57-3)48-28-58-25-20-52/h51,56-61,68H,5-50,52-55H2,1-4H3. The summed E-state index contributed by atoms with van der Waals surface area (Å²) in [5, 5.41) is 31.3. The molecule has 0 aromatic heterocycles. The molecule has 0 rings (SSSR count). The van der Waals surface area contributed by atoms with Gasteiger partial charge in [-0.1, -0.05) is 45.4 Å². The van der Waals surface area contributed by atoms with E-state index in [1.54, 1.807) is 0 Å². The first-order valence-electron chi connectivity index (χ1n) is 28.3. The van der Waals surface area contributed by atoms with E-state index in [0.29, 0.717) is 26.2 Å². The van der Waals surface area contributed by atoms with E-state index in [4.69, 9.17) is 22.9 Å². The van der Waals surface area contributed by atoms with Gasteiger partial charge in [0.1, 0.15) is 0 Å². The van der Waals surface area contributed by atoms with E-state index >= 15 is 0 Å². The van der Waals surface area contributed by atoms with Gasteiger partial charge in [0.2, 0.25) is 0 Å². The van der Waals surface area contributed by atoms with E-state index in [1.165, 1.54) is 103 Å². The highest BCUT2D eigenvalue weighted by molar-refractivity contribution is 4.70. The molecule has 0 saturated carbocycles. The molecule has 68 heavy (non-hydrogen) atoms. The van der Waals surface area contributed by atoms with Gasteiger partial charge in [0.05, 0.1) is 6.10 Å². The van der Waals surface area contributed by atoms with E-state index in [1.807, 2.05) is 14.1 Å². The van der Waals surface area contributed by atoms with Crippen molar-refractivity contribution in [1.82, 2.24) is 61.3 Å². The van der Waals surface area contributed by atoms with Gasteiger partial charge in [-0.05, 0) is 131 Å². The zero-order valence-corrected chi connectivity index (χ0v) is 45.5. The SMILES string of the molecule is CCCCC(O)CNCCN(C)CCCCCN(CCCCCN(CCN)CCCCCNC)CCNCCN(CCCCCN(CCN)CCN)CCNCCN(CCNC)CCNCCN. The van der Waals surface area contributed by atoms with Crippen LogP contribution in [0.3, 0.4) is 0 Å². The summed E-state index contributed by atoms with van der Waals surface area (Å²) in [7, 11) is 6.31. The molecule has 1 atom stereocenters. The van der Waals surface area contributed by atoms with Gasteiger partial charge in [-0.3, -0.25) is 4.90 Å². The summed E-state index contributed by atoms with van der Waals surface area (Å²) in [5.74, 6) is 0. The van der Waals surface area contributed by atoms with Crippen LogP contribution in [0.2, 0.25) is 0 Å². The smallest absolute Gasteiger partial charge is 0.0664 e. The summed E-state index contributed by atoms with van der Waals surface area (Å²) in [5.41, 5.74) is 23.4. The Bertz CT molecular complexity index is 958. The summed E-state index contributed by atoms with van der Waals surface area (Å²) in [6.07, 6.45) is 17.9. The van der Waals surface area contributed by atoms with Crippen LogP contribution in [0.1, 0.15) is 103 Å². The molecule has 0 aliphatic heterocycles. The van der Waals surface area contributed by atoms with Crippen LogP contribution < -0.4 is 54.8 Å². The molecule has 1 unspecified atom stereocenters. The van der Waals surface area contributed by atoms with Crippen LogP contribution in [0.15, 0.2) is 0 Å². The van der Waals surface area contributed by atoms with Gasteiger partial charge in [-0.2, -0.15) is 0 Å². The first kappa shape index (κ1) is 67.3. The minimum Gasteiger partial charge on any atom is -0.392 e. The second kappa shape index (κ2) is 54.1. The number of nitrogens with one attached hydrogen (secondary N) is 6. The molecule has 17 nitrogen and oxygen atoms in total. The maximum atomic E-state index is 10.1. The van der Waals surface area contributed by atoms with Gasteiger partial charge in [0, 0.05) is 151 Å². The summed E-state index contributed by atoms with van der Waals surface area (Å²) >= 11 is 0. The largest absolute Gasteiger partial charge is 0.392 e. The van der Waals surface area contributed by atoms with Crippen LogP contribution in [0, 0.1) is 0 Å². The molecule has 0 spiro atoms. The molecule has 410 valence electrons. The Kier molecular flexibility index (Phi) is 53.6. The molecule has 0 aliphatic rings. The molecule has 0 aromatic rings. The number of rotatable bonds is 58. The monoisotopic (exact) mass is 973 g/mol. The topological polar surface area (TPSA) is 216 Å². The van der Waals surface area contributed by atoms with Crippen LogP contribution in [-0.2, 0) is 0 Å². The Balaban J connectivity index is 5.14. The third kappa shape index (κ3) is 46.4. The average molecular weight is 974 g/mol. The first-order valence-corrected chi connectivity index (χ1v) is 28.3. The fourth-order valence-electron chi connectivity index (χ4n) is 8.75. The van der Waals surface area contributed by atoms with Crippen LogP contribution >= 0.6 is 0 Å². The van der Waals surface area contributed by atoms with Crippen molar-refractivity contribution >= 4 is 0 Å². The molecule has 0 saturated heterocycles. The molecule has 0 aliphatic carbocycles. The van der Waals surface area contributed by atoms with Gasteiger partial charge in [-0.25, -0.2) is 0 Å². The predicted molar refractivity (Wildman–Crippen MR) is 296 cm³/mol. The highest BCUT2D eigenvalue weighted by Gasteiger charge is 2.11. The summed E-state index contributed by atoms with van der Waals surface area (Å²) in [6.45, 7) is 33.0. The fourth-order valence-corrected chi connectivity index (χ4v) is 8.75. The molecule has 0 heterocycles. The van der Waals surface area contributed by atoms with Crippen molar-refractivity contribution < 1.29 is 5.11 Å². The quantitative estimate of drug-likeness (QED) is 0.0370. The van der Waals surface area contributed by atoms with Gasteiger partial charge in [0.25, 0.3) is 0 Å². The van der Waals surface area contributed by atoms with Gasteiger partial charge >= 0.3 is 0 Å². The number of hydrogen-bond acceptors (Lipinski definition) is 17. The zero-order valence-electron chi connectivity index (χ0n) is 45.5. The molecule has 0 amide bonds. The third-order valence-corrected chi connectivity index (χ3v) is 13.1. The normalized spacial score (nSPS) is 12.8. The fraction of sp³-hybridized carbons (Fsp3) is 1.00. The molecule has 0 bridgehead atoms. The molecule has 0 fully saturated rings. The Hall–Kier alpha value is -0.680. The van der Waals surface area contributed by atoms with Crippen molar-refractivity contribution in [2.75, 3.05) is 224 Å². The average Bonchev–Trinajstić information content (AvgIpc) is 3.33. The molecular weight excluding hydrogens is 853 g/mol. The Morgan fingerprint density at radius 2 is 0.706 bits per heavy atom. The van der Waals surface area contributed by atoms with Crippen LogP contribution in [0.5, 0.6) is 0 Å². The van der Waals surface area contributed by atoms with Crippen LogP contribution in [0.25, 0.3) is 0 Å². The number of unbranched alkanes of at least 4 members (excludes halogenated alkanes) is 9. The van der Waals surface area contributed by atoms with Crippen molar-refractivity contribution in [3.05, 3.63) is 0 Å². The van der Waals surface area contributed by atoms with Gasteiger partial charge < -0.3 is 84.4 Å². The molecule has 0 aromatic carbocycles. The second-order valence-corrected chi connectivity index (χ2v) is 19.4. The number of nitrogens with two attached hydrogens (primary N) is 4. The maximum Gasteiger partial charge on any atom is 0.0664 e. The number of aliphatic hydroxyl groups is 1. The lowest BCUT2D eigenvalue weighted by Crippen LogP contribution is -2.42. The summed E-state index contributed by atoms with van der Waals surface area (Å²) < 4.78 is 0. The summed E-state index contributed by atoms with van der Waals surface area (Å²) in [4.78, 5) is 15.4. The van der Waals surface area contributed by atoms with Crippen molar-refractivity contribution in [3.8, 4) is 0 Å². The minimum absolute atomic E-state index is 0.220. The van der Waals surface area contributed by atoms with E-state index in [2.05, 4.69) is 75.3 Å². The van der Waals surface area contributed by atoms with Gasteiger partial charge in [-0.15, -0.1) is 0 Å². The molecule has 17 heteroatoms. The lowest BCUT2D eigenvalue weighted by Gasteiger charge is -2.26. The van der Waals surface area contributed by atoms with Crippen molar-refractivity contribution in [2.24, 2.45) is 22.9 Å². The van der Waals surface area contributed by atoms with Crippen molar-refractivity contribution in [2.45, 2.75) is 109 Å². The first-order chi connectivity index (χ1) is 33.4. The zero-order chi connectivity index (χ0) is 49.8. The molecular formula is C51H120N16O. The lowest BCUT2D eigenvalue weighted by atomic mass is 10.1. The van der Waals surface area contributed by atoms with E-state index in [-0.39, 0.29) is 6.10 Å². The van der Waals surface area contributed by atoms with Crippen LogP contribution in [-0.4, -0.2) is 265 Å². The Morgan fingerprint density at radius 3 is 1.13 bits per heavy atom. The van der Waals surface area contributed by atoms with E-state index in [9.17, 15) is 5.11 Å². The number of hydrogen-bond donors (Lipinski definition) is 11. The predicted octanol–water partition coefficient (Wildman–Crippen LogP) is 0.292. The highest BCUT2D eigenvalue weighted by Crippen LogP contribution is 2.07. The van der Waals surface area contributed by atoms with E-state index in [0.717, 1.165) is 170 Å². The second-order valence-electron chi connectivity index (χ2n) is 19.4. The Labute approximate surface area is 421 Å². The van der Waals surface area contributed by atoms with E-state index < -0.39 is 0 Å². The van der Waals surface area contributed by atoms with Gasteiger partial charge in [0.15, 0.2) is 0 Å². The number of nitrogens with zero attached hydrogens (tertiary/aromatic N) is 6. The number of aliphatic hydroxyl groups excluding tert-OH is 1. The number of likely N-dealkylation sites (N-methyl/N-ethyl adjacent to an activating group) is 2.